The Balaban J connectivity index is 1.60. The van der Waals surface area contributed by atoms with Gasteiger partial charge in [0.2, 0.25) is 5.91 Å². The average Bonchev–Trinajstić information content (AvgIpc) is 3.67. The first-order chi connectivity index (χ1) is 18.6. The van der Waals surface area contributed by atoms with E-state index in [4.69, 9.17) is 4.74 Å². The minimum Gasteiger partial charge on any atom is -0.508 e. The van der Waals surface area contributed by atoms with Crippen molar-refractivity contribution in [1.82, 2.24) is 15.1 Å². The minimum absolute atomic E-state index is 0.0118. The Morgan fingerprint density at radius 2 is 1.82 bits per heavy atom. The number of aliphatic hydroxyl groups is 1. The summed E-state index contributed by atoms with van der Waals surface area (Å²) in [5.41, 5.74) is 0.317. The zero-order chi connectivity index (χ0) is 28.2. The van der Waals surface area contributed by atoms with Crippen molar-refractivity contribution < 1.29 is 29.3 Å². The van der Waals surface area contributed by atoms with Crippen LogP contribution in [-0.2, 0) is 14.3 Å². The highest BCUT2D eigenvalue weighted by molar-refractivity contribution is 7.99. The van der Waals surface area contributed by atoms with Crippen LogP contribution in [0.15, 0.2) is 48.5 Å². The molecule has 1 heterocycles. The smallest absolute Gasteiger partial charge is 0.255 e. The van der Waals surface area contributed by atoms with Gasteiger partial charge < -0.3 is 30.1 Å². The SMILES string of the molecule is Cc1c(O)cccc1C(=O)N[C@]1([C@H](O)C(=O)N(CSC(C)C)CC(=O)N2CCOCC2)C[C@H]1c1ccccc1. The van der Waals surface area contributed by atoms with Crippen molar-refractivity contribution >= 4 is 29.5 Å². The van der Waals surface area contributed by atoms with Gasteiger partial charge in [0.15, 0.2) is 6.10 Å². The fourth-order valence-electron chi connectivity index (χ4n) is 4.93. The maximum Gasteiger partial charge on any atom is 0.255 e. The number of aliphatic hydroxyl groups excluding tert-OH is 1. The van der Waals surface area contributed by atoms with E-state index in [-0.39, 0.29) is 40.8 Å². The third kappa shape index (κ3) is 6.57. The molecule has 9 nitrogen and oxygen atoms in total. The number of nitrogens with zero attached hydrogens (tertiary/aromatic N) is 2. The zero-order valence-corrected chi connectivity index (χ0v) is 23.4. The fourth-order valence-corrected chi connectivity index (χ4v) is 5.63. The number of nitrogens with one attached hydrogen (secondary N) is 1. The molecule has 3 atom stereocenters. The number of carbonyl (C=O) groups is 3. The number of phenols is 1. The number of amides is 3. The number of ether oxygens (including phenoxy) is 1. The lowest BCUT2D eigenvalue weighted by Crippen LogP contribution is -2.56. The predicted octanol–water partition coefficient (Wildman–Crippen LogP) is 2.50. The van der Waals surface area contributed by atoms with E-state index in [2.05, 4.69) is 5.32 Å². The highest BCUT2D eigenvalue weighted by Crippen LogP contribution is 2.54. The molecule has 0 bridgehead atoms. The van der Waals surface area contributed by atoms with Gasteiger partial charge in [-0.1, -0.05) is 50.2 Å². The number of carbonyl (C=O) groups excluding carboxylic acids is 3. The normalized spacial score (nSPS) is 21.4. The number of phenolic OH excluding ortho intramolecular Hbond substituents is 1. The van der Waals surface area contributed by atoms with Gasteiger partial charge in [-0.15, -0.1) is 11.8 Å². The fraction of sp³-hybridized carbons (Fsp3) is 0.483. The third-order valence-corrected chi connectivity index (χ3v) is 8.52. The quantitative estimate of drug-likeness (QED) is 0.386. The molecule has 0 radical (unpaired) electrons. The van der Waals surface area contributed by atoms with E-state index in [0.29, 0.717) is 38.3 Å². The van der Waals surface area contributed by atoms with Gasteiger partial charge in [0, 0.05) is 35.4 Å². The first kappa shape index (κ1) is 28.9. The molecule has 1 aliphatic heterocycles. The summed E-state index contributed by atoms with van der Waals surface area (Å²) in [5, 5.41) is 24.9. The van der Waals surface area contributed by atoms with Crippen LogP contribution in [0.3, 0.4) is 0 Å². The molecule has 0 unspecified atom stereocenters. The predicted molar refractivity (Wildman–Crippen MR) is 150 cm³/mol. The minimum atomic E-state index is -1.57. The lowest BCUT2D eigenvalue weighted by atomic mass is 9.98. The van der Waals surface area contributed by atoms with Crippen LogP contribution in [-0.4, -0.2) is 93.4 Å². The van der Waals surface area contributed by atoms with Gasteiger partial charge in [0.25, 0.3) is 11.8 Å². The molecule has 0 spiro atoms. The lowest BCUT2D eigenvalue weighted by Gasteiger charge is -2.33. The second kappa shape index (κ2) is 12.4. The molecule has 2 aromatic rings. The van der Waals surface area contributed by atoms with Crippen molar-refractivity contribution in [2.45, 2.75) is 50.0 Å². The molecular weight excluding hydrogens is 518 g/mol. The van der Waals surface area contributed by atoms with Gasteiger partial charge in [0.1, 0.15) is 12.3 Å². The third-order valence-electron chi connectivity index (χ3n) is 7.39. The Bertz CT molecular complexity index is 1190. The van der Waals surface area contributed by atoms with Crippen LogP contribution in [0.25, 0.3) is 0 Å². The maximum absolute atomic E-state index is 13.9. The second-order valence-corrected chi connectivity index (χ2v) is 11.9. The molecule has 2 aromatic carbocycles. The van der Waals surface area contributed by atoms with E-state index < -0.39 is 23.5 Å². The molecule has 1 saturated carbocycles. The van der Waals surface area contributed by atoms with Crippen LogP contribution < -0.4 is 5.32 Å². The van der Waals surface area contributed by atoms with E-state index in [9.17, 15) is 24.6 Å². The number of rotatable bonds is 10. The second-order valence-electron chi connectivity index (χ2n) is 10.4. The molecule has 2 aliphatic rings. The first-order valence-electron chi connectivity index (χ1n) is 13.2. The van der Waals surface area contributed by atoms with Gasteiger partial charge in [-0.3, -0.25) is 14.4 Å². The molecule has 2 fully saturated rings. The molecule has 4 rings (SSSR count). The number of hydrogen-bond acceptors (Lipinski definition) is 7. The van der Waals surface area contributed by atoms with E-state index in [1.165, 1.54) is 22.7 Å². The van der Waals surface area contributed by atoms with Crippen molar-refractivity contribution in [2.24, 2.45) is 0 Å². The van der Waals surface area contributed by atoms with Gasteiger partial charge in [-0.25, -0.2) is 0 Å². The average molecular weight is 556 g/mol. The molecule has 3 N–H and O–H groups in total. The molecule has 3 amide bonds. The van der Waals surface area contributed by atoms with Crippen molar-refractivity contribution in [3.8, 4) is 5.75 Å². The zero-order valence-electron chi connectivity index (χ0n) is 22.6. The topological polar surface area (TPSA) is 119 Å². The van der Waals surface area contributed by atoms with Crippen LogP contribution in [0.4, 0.5) is 0 Å². The number of benzene rings is 2. The van der Waals surface area contributed by atoms with Crippen LogP contribution in [0.2, 0.25) is 0 Å². The Kier molecular flexibility index (Phi) is 9.19. The van der Waals surface area contributed by atoms with E-state index in [0.717, 1.165) is 5.56 Å². The summed E-state index contributed by atoms with van der Waals surface area (Å²) in [6, 6.07) is 14.1. The summed E-state index contributed by atoms with van der Waals surface area (Å²) in [6.45, 7) is 7.29. The molecular formula is C29H37N3O6S. The Morgan fingerprint density at radius 1 is 1.13 bits per heavy atom. The summed E-state index contributed by atoms with van der Waals surface area (Å²) >= 11 is 1.50. The number of hydrogen-bond donors (Lipinski definition) is 3. The molecule has 210 valence electrons. The monoisotopic (exact) mass is 555 g/mol. The largest absolute Gasteiger partial charge is 0.508 e. The lowest BCUT2D eigenvalue weighted by molar-refractivity contribution is -0.147. The summed E-state index contributed by atoms with van der Waals surface area (Å²) < 4.78 is 5.34. The van der Waals surface area contributed by atoms with Crippen molar-refractivity contribution in [3.63, 3.8) is 0 Å². The number of aromatic hydroxyl groups is 1. The first-order valence-corrected chi connectivity index (χ1v) is 14.3. The standard InChI is InChI=1S/C29H37N3O6S/c1-19(2)39-18-32(17-25(34)31-12-14-38-15-13-31)28(37)26(35)29(16-23(29)21-8-5-4-6-9-21)30-27(36)22-10-7-11-24(33)20(22)3/h4-11,19,23,26,33,35H,12-18H2,1-3H3,(H,30,36)/t23-,26+,29+/m0/s1. The van der Waals surface area contributed by atoms with Crippen LogP contribution >= 0.6 is 11.8 Å². The van der Waals surface area contributed by atoms with Gasteiger partial charge in [-0.05, 0) is 31.0 Å². The highest BCUT2D eigenvalue weighted by Gasteiger charge is 2.63. The van der Waals surface area contributed by atoms with E-state index >= 15 is 0 Å². The Morgan fingerprint density at radius 3 is 2.49 bits per heavy atom. The highest BCUT2D eigenvalue weighted by atomic mass is 32.2. The van der Waals surface area contributed by atoms with E-state index in [1.54, 1.807) is 24.0 Å². The van der Waals surface area contributed by atoms with Crippen molar-refractivity contribution in [3.05, 3.63) is 65.2 Å². The summed E-state index contributed by atoms with van der Waals surface area (Å²) in [6.07, 6.45) is -1.22. The molecule has 10 heteroatoms. The summed E-state index contributed by atoms with van der Waals surface area (Å²) in [5.74, 6) is -1.37. The molecule has 0 aromatic heterocycles. The van der Waals surface area contributed by atoms with Crippen molar-refractivity contribution in [1.29, 1.82) is 0 Å². The van der Waals surface area contributed by atoms with Crippen molar-refractivity contribution in [2.75, 3.05) is 38.7 Å². The number of thioether (sulfide) groups is 1. The van der Waals surface area contributed by atoms with Gasteiger partial charge in [0.05, 0.1) is 24.6 Å². The Labute approximate surface area is 233 Å². The Hall–Kier alpha value is -3.08. The maximum atomic E-state index is 13.9. The summed E-state index contributed by atoms with van der Waals surface area (Å²) in [7, 11) is 0. The molecule has 1 aliphatic carbocycles. The van der Waals surface area contributed by atoms with Gasteiger partial charge in [-0.2, -0.15) is 0 Å². The molecule has 1 saturated heterocycles. The van der Waals surface area contributed by atoms with Crippen LogP contribution in [0.5, 0.6) is 5.75 Å². The number of morpholine rings is 1. The van der Waals surface area contributed by atoms with Crippen LogP contribution in [0, 0.1) is 6.92 Å². The van der Waals surface area contributed by atoms with Gasteiger partial charge >= 0.3 is 0 Å². The van der Waals surface area contributed by atoms with Crippen LogP contribution in [0.1, 0.15) is 47.7 Å². The summed E-state index contributed by atoms with van der Waals surface area (Å²) in [4.78, 5) is 43.4. The van der Waals surface area contributed by atoms with E-state index in [1.807, 2.05) is 44.2 Å². The molecule has 39 heavy (non-hydrogen) atoms.